The lowest BCUT2D eigenvalue weighted by Crippen LogP contribution is -2.31. The molecule has 3 aromatic heterocycles. The summed E-state index contributed by atoms with van der Waals surface area (Å²) in [6.07, 6.45) is 6.45. The van der Waals surface area contributed by atoms with E-state index < -0.39 is 18.1 Å². The minimum absolute atomic E-state index is 0.0763. The van der Waals surface area contributed by atoms with Gasteiger partial charge in [-0.15, -0.1) is 0 Å². The van der Waals surface area contributed by atoms with Crippen molar-refractivity contribution in [3.05, 3.63) is 224 Å². The molecule has 0 atom stereocenters. The van der Waals surface area contributed by atoms with Gasteiger partial charge < -0.3 is 4.74 Å². The summed E-state index contributed by atoms with van der Waals surface area (Å²) in [4.78, 5) is 4.93. The molecule has 0 N–H and O–H groups in total. The highest BCUT2D eigenvalue weighted by molar-refractivity contribution is 6.10. The summed E-state index contributed by atoms with van der Waals surface area (Å²) in [7, 11) is 0. The van der Waals surface area contributed by atoms with Gasteiger partial charge in [0.25, 0.3) is 6.33 Å². The number of hydrogen-bond donors (Lipinski definition) is 0. The van der Waals surface area contributed by atoms with Gasteiger partial charge in [0.15, 0.2) is 0 Å². The van der Waals surface area contributed by atoms with Crippen LogP contribution in [0, 0.1) is 12.2 Å². The topological polar surface area (TPSA) is 35.9 Å². The Morgan fingerprint density at radius 3 is 2.18 bits per heavy atom. The first-order valence-corrected chi connectivity index (χ1v) is 22.9. The molecule has 3 heterocycles. The van der Waals surface area contributed by atoms with E-state index in [0.717, 1.165) is 73.0 Å². The van der Waals surface area contributed by atoms with Crippen molar-refractivity contribution in [2.24, 2.45) is 5.92 Å². The second-order valence-corrected chi connectivity index (χ2v) is 18.6. The number of rotatable bonds is 10. The van der Waals surface area contributed by atoms with Crippen LogP contribution in [0.25, 0.3) is 83.4 Å². The number of hydrogen-bond acceptors (Lipinski definition) is 2. The van der Waals surface area contributed by atoms with E-state index >= 15 is 0 Å². The summed E-state index contributed by atoms with van der Waals surface area (Å²) in [5.74, 6) is 2.55. The maximum Gasteiger partial charge on any atom is 0.269 e. The lowest BCUT2D eigenvalue weighted by Gasteiger charge is -2.20. The van der Waals surface area contributed by atoms with Crippen LogP contribution in [0.5, 0.6) is 11.5 Å². The third kappa shape index (κ3) is 7.97. The lowest BCUT2D eigenvalue weighted by molar-refractivity contribution is -0.571. The fourth-order valence-corrected chi connectivity index (χ4v) is 9.31. The van der Waals surface area contributed by atoms with Gasteiger partial charge in [0, 0.05) is 23.0 Å². The van der Waals surface area contributed by atoms with Crippen LogP contribution in [0.3, 0.4) is 0 Å². The van der Waals surface area contributed by atoms with E-state index in [1.807, 2.05) is 94.2 Å². The average molecular weight is 874 g/mol. The number of para-hydroxylation sites is 3. The fourth-order valence-electron chi connectivity index (χ4n) is 9.31. The molecule has 0 amide bonds. The first-order valence-electron chi connectivity index (χ1n) is 25.4. The van der Waals surface area contributed by atoms with Gasteiger partial charge in [0.2, 0.25) is 0 Å². The quantitative estimate of drug-likeness (QED) is 0.101. The largest absolute Gasteiger partial charge is 0.458 e. The molecule has 0 bridgehead atoms. The monoisotopic (exact) mass is 873 g/mol. The van der Waals surface area contributed by atoms with E-state index in [2.05, 4.69) is 137 Å². The number of nitrogens with zero attached hydrogens (tertiary/aromatic N) is 4. The average Bonchev–Trinajstić information content (AvgIpc) is 3.93. The molecule has 0 saturated carbocycles. The van der Waals surface area contributed by atoms with Gasteiger partial charge in [-0.3, -0.25) is 13.7 Å². The van der Waals surface area contributed by atoms with Crippen LogP contribution in [0.1, 0.15) is 52.6 Å². The smallest absolute Gasteiger partial charge is 0.269 e. The molecule has 5 nitrogen and oxygen atoms in total. The van der Waals surface area contributed by atoms with Crippen molar-refractivity contribution in [2.45, 2.75) is 46.5 Å². The van der Waals surface area contributed by atoms with Crippen molar-refractivity contribution in [1.82, 2.24) is 14.1 Å². The van der Waals surface area contributed by atoms with Crippen molar-refractivity contribution >= 4 is 32.8 Å². The maximum absolute atomic E-state index is 9.12. The predicted molar refractivity (Wildman–Crippen MR) is 276 cm³/mol. The second-order valence-electron chi connectivity index (χ2n) is 18.6. The molecule has 11 aromatic rings. The molecule has 67 heavy (non-hydrogen) atoms. The van der Waals surface area contributed by atoms with Crippen LogP contribution >= 0.6 is 0 Å². The van der Waals surface area contributed by atoms with Crippen molar-refractivity contribution < 1.29 is 16.2 Å². The predicted octanol–water partition coefficient (Wildman–Crippen LogP) is 15.5. The van der Waals surface area contributed by atoms with Crippen molar-refractivity contribution in [3.63, 3.8) is 0 Å². The normalized spacial score (nSPS) is 12.9. The molecule has 5 heteroatoms. The Morgan fingerprint density at radius 2 is 1.36 bits per heavy atom. The molecule has 11 rings (SSSR count). The Labute approximate surface area is 399 Å². The molecule has 8 aromatic carbocycles. The van der Waals surface area contributed by atoms with Gasteiger partial charge in [-0.05, 0) is 117 Å². The summed E-state index contributed by atoms with van der Waals surface area (Å²) in [5.41, 5.74) is 12.0. The van der Waals surface area contributed by atoms with Crippen LogP contribution in [0.4, 0.5) is 0 Å². The molecular formula is C62H52N4O. The zero-order chi connectivity index (χ0) is 50.0. The fraction of sp³-hybridized carbons (Fsp3) is 0.129. The van der Waals surface area contributed by atoms with E-state index in [0.29, 0.717) is 28.7 Å². The first kappa shape index (κ1) is 36.2. The number of ether oxygens (including phenoxy) is 1. The van der Waals surface area contributed by atoms with Crippen LogP contribution < -0.4 is 9.30 Å². The molecule has 0 aliphatic carbocycles. The molecule has 0 fully saturated rings. The summed E-state index contributed by atoms with van der Waals surface area (Å²) in [6, 6.07) is 55.9. The van der Waals surface area contributed by atoms with Gasteiger partial charge in [0.05, 0.1) is 40.3 Å². The zero-order valence-electron chi connectivity index (χ0n) is 43.2. The second kappa shape index (κ2) is 17.1. The highest BCUT2D eigenvalue weighted by atomic mass is 16.5. The SMILES string of the molecule is [2H]c1c([2H])c([2H])c(-c2cccc(-c3cccc(CC(C)C)c3)c2-[n+]2[c-]n(-c3cccc(Oc4ccc5c6cc(-c7ccccc7)ccc6n(-c6cc(C(C)(C)C)ccn6)c5c4)c3)c3ccccc32)c([2H])c1[2H]. The van der Waals surface area contributed by atoms with Crippen molar-refractivity contribution in [1.29, 1.82) is 0 Å². The maximum atomic E-state index is 9.12. The number of benzene rings is 8. The van der Waals surface area contributed by atoms with Gasteiger partial charge in [0.1, 0.15) is 17.3 Å². The van der Waals surface area contributed by atoms with E-state index in [-0.39, 0.29) is 23.1 Å². The van der Waals surface area contributed by atoms with Gasteiger partial charge in [-0.2, -0.15) is 0 Å². The lowest BCUT2D eigenvalue weighted by atomic mass is 9.88. The Morgan fingerprint density at radius 1 is 0.612 bits per heavy atom. The van der Waals surface area contributed by atoms with Crippen LogP contribution in [0.15, 0.2) is 206 Å². The number of aromatic nitrogens is 4. The third-order valence-electron chi connectivity index (χ3n) is 12.5. The third-order valence-corrected chi connectivity index (χ3v) is 12.5. The van der Waals surface area contributed by atoms with Crippen LogP contribution in [0.2, 0.25) is 0 Å². The first-order chi connectivity index (χ1) is 34.7. The Balaban J connectivity index is 1.05. The molecule has 0 spiro atoms. The van der Waals surface area contributed by atoms with E-state index in [4.69, 9.17) is 16.6 Å². The highest BCUT2D eigenvalue weighted by Gasteiger charge is 2.22. The van der Waals surface area contributed by atoms with E-state index in [1.54, 1.807) is 0 Å². The summed E-state index contributed by atoms with van der Waals surface area (Å²) in [6.45, 7) is 11.0. The van der Waals surface area contributed by atoms with Crippen LogP contribution in [-0.4, -0.2) is 14.1 Å². The minimum Gasteiger partial charge on any atom is -0.458 e. The van der Waals surface area contributed by atoms with E-state index in [9.17, 15) is 0 Å². The zero-order valence-corrected chi connectivity index (χ0v) is 38.2. The van der Waals surface area contributed by atoms with Crippen molar-refractivity contribution in [2.75, 3.05) is 0 Å². The summed E-state index contributed by atoms with van der Waals surface area (Å²) >= 11 is 0. The summed E-state index contributed by atoms with van der Waals surface area (Å²) in [5, 5.41) is 2.20. The number of imidazole rings is 1. The molecule has 0 aliphatic heterocycles. The van der Waals surface area contributed by atoms with Gasteiger partial charge in [-0.25, -0.2) is 4.98 Å². The molecule has 0 radical (unpaired) electrons. The standard InChI is InChI=1S/C62H52N4O/c1-42(2)35-43-17-14-22-47(36-43)53-26-16-25-52(45-20-10-7-11-21-45)61(53)65-41-64(57-27-12-13-28-58(57)65)49-23-15-24-50(39-49)67-51-30-31-54-55-37-46(44-18-8-6-9-19-44)29-32-56(55)66(59(54)40-51)60-38-48(33-34-63-60)62(3,4)5/h6-34,36-40,42H,35H2,1-5H3/i7D,10D,11D,20D,21D. The Kier molecular flexibility index (Phi) is 9.24. The molecule has 0 unspecified atom stereocenters. The highest BCUT2D eigenvalue weighted by Crippen LogP contribution is 2.39. The summed E-state index contributed by atoms with van der Waals surface area (Å²) < 4.78 is 56.9. The molecular weight excluding hydrogens is 817 g/mol. The molecule has 326 valence electrons. The van der Waals surface area contributed by atoms with Crippen LogP contribution in [-0.2, 0) is 11.8 Å². The molecule has 0 aliphatic rings. The van der Waals surface area contributed by atoms with Gasteiger partial charge in [-0.1, -0.05) is 174 Å². The Hall–Kier alpha value is -8.02. The van der Waals surface area contributed by atoms with E-state index in [1.165, 1.54) is 11.1 Å². The van der Waals surface area contributed by atoms with Crippen molar-refractivity contribution in [3.8, 4) is 62.1 Å². The minimum atomic E-state index is -0.437. The number of fused-ring (bicyclic) bond motifs is 4. The number of pyridine rings is 1. The Bertz CT molecular complexity index is 3880. The molecule has 0 saturated heterocycles. The van der Waals surface area contributed by atoms with Gasteiger partial charge >= 0.3 is 0 Å².